The van der Waals surface area contributed by atoms with E-state index in [4.69, 9.17) is 4.52 Å². The molecule has 0 spiro atoms. The van der Waals surface area contributed by atoms with E-state index in [1.54, 1.807) is 0 Å². The molecule has 0 heterocycles. The van der Waals surface area contributed by atoms with Crippen LogP contribution in [-0.2, 0) is 13.6 Å². The fourth-order valence-corrected chi connectivity index (χ4v) is 2.20. The highest BCUT2D eigenvalue weighted by Gasteiger charge is 2.23. The average Bonchev–Trinajstić information content (AvgIpc) is 2.14. The van der Waals surface area contributed by atoms with Crippen molar-refractivity contribution in [2.24, 2.45) is 0 Å². The van der Waals surface area contributed by atoms with Crippen molar-refractivity contribution in [3.05, 3.63) is 34.4 Å². The molecule has 0 N–H and O–H groups in total. The number of hydrogen-bond donors (Lipinski definition) is 0. The van der Waals surface area contributed by atoms with Crippen LogP contribution in [0.5, 0.6) is 0 Å². The van der Waals surface area contributed by atoms with E-state index in [-0.39, 0.29) is 0 Å². The fraction of sp³-hybridized carbons (Fsp3) is 0.417. The molecule has 0 amide bonds. The Kier molecular flexibility index (Phi) is 4.12. The predicted octanol–water partition coefficient (Wildman–Crippen LogP) is 3.24. The summed E-state index contributed by atoms with van der Waals surface area (Å²) in [6.07, 6.45) is 0. The Morgan fingerprint density at radius 3 is 2.06 bits per heavy atom. The zero-order chi connectivity index (χ0) is 13.2. The van der Waals surface area contributed by atoms with Gasteiger partial charge in [-0.15, -0.1) is 0 Å². The zero-order valence-corrected chi connectivity index (χ0v) is 11.6. The third kappa shape index (κ3) is 3.42. The van der Waals surface area contributed by atoms with E-state index < -0.39 is 13.6 Å². The van der Waals surface area contributed by atoms with E-state index in [1.807, 2.05) is 32.9 Å². The van der Waals surface area contributed by atoms with E-state index in [1.165, 1.54) is 13.8 Å². The first-order valence-electron chi connectivity index (χ1n) is 5.22. The highest BCUT2D eigenvalue weighted by atomic mass is 31.2. The molecule has 0 aliphatic heterocycles. The Bertz CT molecular complexity index is 470. The summed E-state index contributed by atoms with van der Waals surface area (Å²) in [6, 6.07) is 3.77. The lowest BCUT2D eigenvalue weighted by molar-refractivity contribution is 0.0710. The molecule has 17 heavy (non-hydrogen) atoms. The van der Waals surface area contributed by atoms with Crippen LogP contribution >= 0.6 is 7.60 Å². The molecule has 1 atom stereocenters. The third-order valence-electron chi connectivity index (χ3n) is 2.46. The number of hydrogen-bond acceptors (Lipinski definition) is 4. The van der Waals surface area contributed by atoms with Crippen molar-refractivity contribution in [1.82, 2.24) is 0 Å². The second-order valence-corrected chi connectivity index (χ2v) is 6.20. The first-order chi connectivity index (χ1) is 7.76. The van der Waals surface area contributed by atoms with Gasteiger partial charge in [0.25, 0.3) is 0 Å². The van der Waals surface area contributed by atoms with Gasteiger partial charge in [-0.2, -0.15) is 0 Å². The highest BCUT2D eigenvalue weighted by Crippen LogP contribution is 2.43. The summed E-state index contributed by atoms with van der Waals surface area (Å²) in [4.78, 5) is 11.9. The summed E-state index contributed by atoms with van der Waals surface area (Å²) in [5.74, 6) is -0.604. The normalized spacial score (nSPS) is 14.2. The largest absolute Gasteiger partial charge is 0.388 e. The molecule has 0 saturated heterocycles. The van der Waals surface area contributed by atoms with Crippen molar-refractivity contribution in [1.29, 1.82) is 0 Å². The van der Waals surface area contributed by atoms with Gasteiger partial charge in [-0.1, -0.05) is 17.7 Å². The van der Waals surface area contributed by atoms with Crippen LogP contribution in [0.2, 0.25) is 0 Å². The molecule has 1 rings (SSSR count). The van der Waals surface area contributed by atoms with Crippen LogP contribution in [0.15, 0.2) is 12.1 Å². The lowest BCUT2D eigenvalue weighted by atomic mass is 10.0. The number of aryl methyl sites for hydroxylation is 3. The van der Waals surface area contributed by atoms with Crippen LogP contribution in [0.3, 0.4) is 0 Å². The van der Waals surface area contributed by atoms with Crippen LogP contribution in [-0.4, -0.2) is 19.7 Å². The van der Waals surface area contributed by atoms with Crippen molar-refractivity contribution in [2.75, 3.05) is 13.8 Å². The van der Waals surface area contributed by atoms with Crippen molar-refractivity contribution in [3.8, 4) is 0 Å². The summed E-state index contributed by atoms with van der Waals surface area (Å²) in [5.41, 5.74) is 3.14. The van der Waals surface area contributed by atoms with E-state index in [0.717, 1.165) is 16.7 Å². The molecular formula is C12H17O4P. The summed E-state index contributed by atoms with van der Waals surface area (Å²) in [6.45, 7) is 6.87. The van der Waals surface area contributed by atoms with Crippen LogP contribution in [0, 0.1) is 20.8 Å². The quantitative estimate of drug-likeness (QED) is 0.779. The van der Waals surface area contributed by atoms with Gasteiger partial charge in [0.05, 0.1) is 12.2 Å². The summed E-state index contributed by atoms with van der Waals surface area (Å²) in [7, 11) is -2.04. The van der Waals surface area contributed by atoms with Gasteiger partial charge in [0.1, 0.15) is 0 Å². The summed E-state index contributed by atoms with van der Waals surface area (Å²) < 4.78 is 21.1. The monoisotopic (exact) mass is 256 g/mol. The van der Waals surface area contributed by atoms with E-state index in [0.29, 0.717) is 5.56 Å². The Morgan fingerprint density at radius 1 is 1.18 bits per heavy atom. The third-order valence-corrected chi connectivity index (χ3v) is 3.62. The second kappa shape index (κ2) is 5.03. The van der Waals surface area contributed by atoms with E-state index >= 15 is 0 Å². The van der Waals surface area contributed by atoms with Gasteiger partial charge in [0.15, 0.2) is 0 Å². The first kappa shape index (κ1) is 13.9. The maximum atomic E-state index is 11.9. The average molecular weight is 256 g/mol. The zero-order valence-electron chi connectivity index (χ0n) is 10.7. The van der Waals surface area contributed by atoms with Crippen molar-refractivity contribution in [2.45, 2.75) is 20.8 Å². The molecule has 0 aliphatic carbocycles. The van der Waals surface area contributed by atoms with Gasteiger partial charge in [0.2, 0.25) is 0 Å². The van der Waals surface area contributed by atoms with Crippen LogP contribution in [0.25, 0.3) is 0 Å². The Morgan fingerprint density at radius 2 is 1.65 bits per heavy atom. The molecule has 0 aromatic heterocycles. The Labute approximate surface area is 101 Å². The number of rotatable bonds is 3. The van der Waals surface area contributed by atoms with Crippen molar-refractivity contribution < 1.29 is 18.4 Å². The van der Waals surface area contributed by atoms with Gasteiger partial charge >= 0.3 is 13.6 Å². The van der Waals surface area contributed by atoms with Crippen LogP contribution in [0.1, 0.15) is 27.0 Å². The minimum absolute atomic E-state index is 0.453. The maximum absolute atomic E-state index is 11.9. The van der Waals surface area contributed by atoms with Gasteiger partial charge in [-0.3, -0.25) is 0 Å². The maximum Gasteiger partial charge on any atom is 0.378 e. The minimum atomic E-state index is -3.30. The van der Waals surface area contributed by atoms with E-state index in [2.05, 4.69) is 4.52 Å². The number of carbonyl (C=O) groups excluding carboxylic acids is 1. The molecule has 0 bridgehead atoms. The molecule has 5 heteroatoms. The molecule has 1 aromatic carbocycles. The van der Waals surface area contributed by atoms with Crippen molar-refractivity contribution >= 4 is 13.6 Å². The lowest BCUT2D eigenvalue weighted by Gasteiger charge is -2.14. The molecule has 94 valence electrons. The fourth-order valence-electron chi connectivity index (χ4n) is 1.74. The molecule has 0 radical (unpaired) electrons. The molecule has 0 fully saturated rings. The van der Waals surface area contributed by atoms with Crippen LogP contribution < -0.4 is 0 Å². The topological polar surface area (TPSA) is 52.6 Å². The second-order valence-electron chi connectivity index (χ2n) is 4.11. The van der Waals surface area contributed by atoms with Crippen molar-refractivity contribution in [3.63, 3.8) is 0 Å². The molecule has 0 saturated carbocycles. The van der Waals surface area contributed by atoms with Crippen LogP contribution in [0.4, 0.5) is 0 Å². The number of carbonyl (C=O) groups is 1. The standard InChI is InChI=1S/C12H17O4P/c1-8-6-9(2)11(10(3)7-8)12(13)16-17(5,14)15-4/h6-7H,1-5H3. The highest BCUT2D eigenvalue weighted by molar-refractivity contribution is 7.53. The first-order valence-corrected chi connectivity index (χ1v) is 7.21. The molecule has 0 aliphatic rings. The lowest BCUT2D eigenvalue weighted by Crippen LogP contribution is -2.08. The molecular weight excluding hydrogens is 239 g/mol. The van der Waals surface area contributed by atoms with Gasteiger partial charge < -0.3 is 9.05 Å². The smallest absolute Gasteiger partial charge is 0.378 e. The van der Waals surface area contributed by atoms with Gasteiger partial charge in [0, 0.05) is 7.11 Å². The molecule has 1 unspecified atom stereocenters. The molecule has 1 aromatic rings. The van der Waals surface area contributed by atoms with Gasteiger partial charge in [-0.05, 0) is 31.9 Å². The SMILES string of the molecule is COP(C)(=O)OC(=O)c1c(C)cc(C)cc1C. The Balaban J connectivity index is 3.10. The number of benzene rings is 1. The minimum Gasteiger partial charge on any atom is -0.388 e. The Hall–Kier alpha value is -1.12. The summed E-state index contributed by atoms with van der Waals surface area (Å²) >= 11 is 0. The summed E-state index contributed by atoms with van der Waals surface area (Å²) in [5, 5.41) is 0. The van der Waals surface area contributed by atoms with E-state index in [9.17, 15) is 9.36 Å². The predicted molar refractivity (Wildman–Crippen MR) is 66.6 cm³/mol. The molecule has 4 nitrogen and oxygen atoms in total. The van der Waals surface area contributed by atoms with Gasteiger partial charge in [-0.25, -0.2) is 9.36 Å².